The highest BCUT2D eigenvalue weighted by molar-refractivity contribution is 5.44. The van der Waals surface area contributed by atoms with Gasteiger partial charge in [0.2, 0.25) is 0 Å². The molecule has 3 aliphatic rings. The van der Waals surface area contributed by atoms with Gasteiger partial charge in [-0.1, -0.05) is 0 Å². The minimum absolute atomic E-state index is 0.0937. The minimum atomic E-state index is 0.0937. The molecule has 0 heteroatoms. The zero-order valence-electron chi connectivity index (χ0n) is 8.74. The summed E-state index contributed by atoms with van der Waals surface area (Å²) in [6, 6.07) is 0. The summed E-state index contributed by atoms with van der Waals surface area (Å²) in [5, 5.41) is 0. The van der Waals surface area contributed by atoms with Crippen LogP contribution in [-0.2, 0) is 0 Å². The lowest BCUT2D eigenvalue weighted by molar-refractivity contribution is 0.559. The molecule has 0 N–H and O–H groups in total. The molecule has 3 atom stereocenters. The summed E-state index contributed by atoms with van der Waals surface area (Å²) >= 11 is 0. The van der Waals surface area contributed by atoms with Crippen molar-refractivity contribution in [2.45, 2.75) is 25.7 Å². The van der Waals surface area contributed by atoms with Crippen molar-refractivity contribution < 1.29 is 1.37 Å². The first-order chi connectivity index (χ1) is 6.86. The first kappa shape index (κ1) is 6.53. The Balaban J connectivity index is 1.98. The third kappa shape index (κ3) is 1.16. The number of rotatable bonds is 0. The van der Waals surface area contributed by atoms with Crippen LogP contribution in [0.15, 0.2) is 35.5 Å². The Labute approximate surface area is 81.4 Å². The molecule has 0 aliphatic heterocycles. The average Bonchev–Trinajstić information content (AvgIpc) is 2.79. The predicted molar refractivity (Wildman–Crippen MR) is 55.1 cm³/mol. The van der Waals surface area contributed by atoms with Crippen LogP contribution >= 0.6 is 0 Å². The molecule has 0 radical (unpaired) electrons. The molecule has 2 bridgehead atoms. The summed E-state index contributed by atoms with van der Waals surface area (Å²) in [4.78, 5) is 0. The molecule has 0 heterocycles. The molecule has 0 aromatic carbocycles. The summed E-state index contributed by atoms with van der Waals surface area (Å²) in [6.45, 7) is 0. The van der Waals surface area contributed by atoms with Crippen molar-refractivity contribution in [3.05, 3.63) is 41.9 Å². The van der Waals surface area contributed by atoms with Gasteiger partial charge < -0.3 is 0 Å². The van der Waals surface area contributed by atoms with E-state index in [1.165, 1.54) is 30.4 Å². The average molecular weight is 172 g/mol. The molecule has 0 spiro atoms. The van der Waals surface area contributed by atoms with Crippen molar-refractivity contribution in [2.24, 2.45) is 11.8 Å². The molecule has 3 rings (SSSR count). The molecule has 0 saturated heterocycles. The van der Waals surface area contributed by atoms with Crippen molar-refractivity contribution in [3.63, 3.8) is 0 Å². The Hall–Kier alpha value is -0.910. The summed E-state index contributed by atoms with van der Waals surface area (Å²) in [5.74, 6) is 1.39. The fourth-order valence-electron chi connectivity index (χ4n) is 2.80. The van der Waals surface area contributed by atoms with Gasteiger partial charge in [0.25, 0.3) is 0 Å². The maximum atomic E-state index is 8.18. The third-order valence-corrected chi connectivity index (χ3v) is 3.44. The van der Waals surface area contributed by atoms with E-state index in [4.69, 9.17) is 1.37 Å². The Kier molecular flexibility index (Phi) is 1.41. The van der Waals surface area contributed by atoms with E-state index in [0.29, 0.717) is 5.92 Å². The van der Waals surface area contributed by atoms with Gasteiger partial charge in [-0.15, -0.1) is 0 Å². The van der Waals surface area contributed by atoms with Crippen molar-refractivity contribution in [1.82, 2.24) is 0 Å². The molecular formula is C13H15+. The lowest BCUT2D eigenvalue weighted by atomic mass is 9.88. The topological polar surface area (TPSA) is 0 Å². The van der Waals surface area contributed by atoms with Crippen molar-refractivity contribution >= 4 is 0 Å². The van der Waals surface area contributed by atoms with E-state index in [9.17, 15) is 0 Å². The van der Waals surface area contributed by atoms with E-state index < -0.39 is 0 Å². The Morgan fingerprint density at radius 1 is 1.38 bits per heavy atom. The molecule has 0 unspecified atom stereocenters. The summed E-state index contributed by atoms with van der Waals surface area (Å²) in [6.07, 6.45) is 14.5. The maximum absolute atomic E-state index is 8.18. The van der Waals surface area contributed by atoms with Crippen molar-refractivity contribution in [2.75, 3.05) is 0 Å². The quantitative estimate of drug-likeness (QED) is 0.491. The van der Waals surface area contributed by atoms with Gasteiger partial charge in [0.1, 0.15) is 0 Å². The van der Waals surface area contributed by atoms with Gasteiger partial charge in [-0.2, -0.15) is 0 Å². The molecule has 0 aromatic heterocycles. The molecule has 66 valence electrons. The fraction of sp³-hybridized carbons (Fsp3) is 0.462. The van der Waals surface area contributed by atoms with E-state index in [1.54, 1.807) is 0 Å². The van der Waals surface area contributed by atoms with E-state index in [0.717, 1.165) is 5.92 Å². The highest BCUT2D eigenvalue weighted by atomic mass is 14.4. The van der Waals surface area contributed by atoms with E-state index in [1.807, 2.05) is 0 Å². The standard InChI is InChI=1S/C13H15/c1-2-4-11(5-3-1)13-9-10-6-7-12(13)8-10/h1-5,10,12H,6-9H2/q+1/t10-,12+/m0/s1/i9D/t9-,10+,12-/m1. The summed E-state index contributed by atoms with van der Waals surface area (Å²) in [7, 11) is 0. The normalized spacial score (nSPS) is 48.0. The van der Waals surface area contributed by atoms with Crippen LogP contribution in [0.25, 0.3) is 0 Å². The maximum Gasteiger partial charge on any atom is 0.0950 e. The number of hydrogen-bond donors (Lipinski definition) is 0. The van der Waals surface area contributed by atoms with Gasteiger partial charge in [-0.3, -0.25) is 0 Å². The van der Waals surface area contributed by atoms with E-state index >= 15 is 0 Å². The molecule has 2 fully saturated rings. The van der Waals surface area contributed by atoms with E-state index in [-0.39, 0.29) is 6.40 Å². The molecule has 0 nitrogen and oxygen atoms in total. The zero-order chi connectivity index (χ0) is 9.54. The second kappa shape index (κ2) is 2.80. The Bertz CT molecular complexity index is 331. The Morgan fingerprint density at radius 2 is 2.38 bits per heavy atom. The Morgan fingerprint density at radius 3 is 3.08 bits per heavy atom. The largest absolute Gasteiger partial charge is 0.0950 e. The molecular weight excluding hydrogens is 156 g/mol. The van der Waals surface area contributed by atoms with Crippen LogP contribution in [0.1, 0.15) is 27.0 Å². The van der Waals surface area contributed by atoms with Crippen LogP contribution in [0.3, 0.4) is 0 Å². The molecule has 0 aromatic rings. The lowest BCUT2D eigenvalue weighted by Crippen LogP contribution is -2.02. The van der Waals surface area contributed by atoms with Crippen LogP contribution in [0.2, 0.25) is 0 Å². The van der Waals surface area contributed by atoms with Gasteiger partial charge in [-0.25, -0.2) is 0 Å². The van der Waals surface area contributed by atoms with Gasteiger partial charge in [0, 0.05) is 50.0 Å². The highest BCUT2D eigenvalue weighted by Gasteiger charge is 2.39. The van der Waals surface area contributed by atoms with Crippen molar-refractivity contribution in [1.29, 1.82) is 0 Å². The van der Waals surface area contributed by atoms with Crippen LogP contribution in [0, 0.1) is 18.3 Å². The molecule has 0 amide bonds. The van der Waals surface area contributed by atoms with Crippen LogP contribution in [-0.4, -0.2) is 0 Å². The third-order valence-electron chi connectivity index (χ3n) is 3.44. The molecule has 3 aliphatic carbocycles. The van der Waals surface area contributed by atoms with Gasteiger partial charge in [-0.05, 0) is 25.2 Å². The van der Waals surface area contributed by atoms with Crippen LogP contribution in [0.4, 0.5) is 0 Å². The predicted octanol–water partition coefficient (Wildman–Crippen LogP) is 3.43. The summed E-state index contributed by atoms with van der Waals surface area (Å²) in [5.41, 5.74) is 2.74. The lowest BCUT2D eigenvalue weighted by Gasteiger charge is -2.12. The zero-order valence-corrected chi connectivity index (χ0v) is 7.74. The van der Waals surface area contributed by atoms with E-state index in [2.05, 4.69) is 30.7 Å². The van der Waals surface area contributed by atoms with Gasteiger partial charge in [0.05, 0.1) is 5.57 Å². The number of fused-ring (bicyclic) bond motifs is 2. The SMILES string of the molecule is [2H][C@H]1C(=C2C=CC=C[CH+]2)[C@@H]2CC[C@H]1C2. The second-order valence-electron chi connectivity index (χ2n) is 4.26. The van der Waals surface area contributed by atoms with Gasteiger partial charge >= 0.3 is 0 Å². The smallest absolute Gasteiger partial charge is 0.0479 e. The first-order valence-corrected chi connectivity index (χ1v) is 5.20. The molecule has 13 heavy (non-hydrogen) atoms. The monoisotopic (exact) mass is 172 g/mol. The first-order valence-electron chi connectivity index (χ1n) is 5.78. The summed E-state index contributed by atoms with van der Waals surface area (Å²) < 4.78 is 8.18. The minimum Gasteiger partial charge on any atom is -0.0479 e. The van der Waals surface area contributed by atoms with Gasteiger partial charge in [0.15, 0.2) is 0 Å². The second-order valence-corrected chi connectivity index (χ2v) is 4.26. The highest BCUT2D eigenvalue weighted by Crippen LogP contribution is 2.49. The van der Waals surface area contributed by atoms with Crippen LogP contribution < -0.4 is 0 Å². The number of allylic oxidation sites excluding steroid dienone is 6. The van der Waals surface area contributed by atoms with Crippen LogP contribution in [0.5, 0.6) is 0 Å². The van der Waals surface area contributed by atoms with Crippen molar-refractivity contribution in [3.8, 4) is 0 Å². The molecule has 2 saturated carbocycles. The number of hydrogen-bond acceptors (Lipinski definition) is 0. The fourth-order valence-corrected chi connectivity index (χ4v) is 2.80.